The lowest BCUT2D eigenvalue weighted by atomic mass is 10.1. The molecule has 0 aromatic carbocycles. The average Bonchev–Trinajstić information content (AvgIpc) is 3.47. The number of aryl methyl sites for hydroxylation is 1. The van der Waals surface area contributed by atoms with Crippen molar-refractivity contribution in [2.45, 2.75) is 19.4 Å². The number of fused-ring (bicyclic) bond motifs is 1. The van der Waals surface area contributed by atoms with E-state index in [1.807, 2.05) is 29.2 Å². The van der Waals surface area contributed by atoms with Gasteiger partial charge in [0.15, 0.2) is 5.65 Å². The van der Waals surface area contributed by atoms with Crippen molar-refractivity contribution in [3.05, 3.63) is 60.4 Å². The summed E-state index contributed by atoms with van der Waals surface area (Å²) in [5.41, 5.74) is 2.67. The maximum absolute atomic E-state index is 13.2. The van der Waals surface area contributed by atoms with Crippen molar-refractivity contribution in [3.8, 4) is 11.3 Å². The number of rotatable bonds is 4. The Morgan fingerprint density at radius 3 is 2.93 bits per heavy atom. The van der Waals surface area contributed by atoms with Gasteiger partial charge in [-0.3, -0.25) is 9.78 Å². The van der Waals surface area contributed by atoms with Crippen LogP contribution in [0.25, 0.3) is 16.9 Å². The molecule has 4 aromatic heterocycles. The van der Waals surface area contributed by atoms with Gasteiger partial charge in [0.1, 0.15) is 22.8 Å². The Morgan fingerprint density at radius 1 is 1.21 bits per heavy atom. The number of carbonyl (C=O) groups is 1. The molecule has 1 N–H and O–H groups in total. The normalized spacial score (nSPS) is 16.4. The minimum absolute atomic E-state index is 0.0714. The van der Waals surface area contributed by atoms with Crippen LogP contribution < -0.4 is 5.32 Å². The van der Waals surface area contributed by atoms with Crippen LogP contribution >= 0.6 is 0 Å². The molecule has 1 aliphatic rings. The summed E-state index contributed by atoms with van der Waals surface area (Å²) in [6.45, 7) is 3.01. The fourth-order valence-corrected chi connectivity index (χ4v) is 3.65. The van der Waals surface area contributed by atoms with Gasteiger partial charge in [-0.2, -0.15) is 0 Å². The zero-order valence-corrected chi connectivity index (χ0v) is 15.8. The number of aromatic nitrogens is 5. The topological polar surface area (TPSA) is 101 Å². The van der Waals surface area contributed by atoms with E-state index in [-0.39, 0.29) is 11.9 Å². The highest BCUT2D eigenvalue weighted by atomic mass is 16.5. The maximum atomic E-state index is 13.2. The van der Waals surface area contributed by atoms with Crippen molar-refractivity contribution >= 4 is 17.4 Å². The fraction of sp³-hybridized carbons (Fsp3) is 0.250. The number of pyridine rings is 1. The third kappa shape index (κ3) is 3.20. The first-order valence-electron chi connectivity index (χ1n) is 9.42. The van der Waals surface area contributed by atoms with Gasteiger partial charge in [0.05, 0.1) is 0 Å². The predicted molar refractivity (Wildman–Crippen MR) is 105 cm³/mol. The van der Waals surface area contributed by atoms with Crippen LogP contribution in [0.4, 0.5) is 5.82 Å². The molecular weight excluding hydrogens is 370 g/mol. The number of amides is 1. The molecule has 0 saturated carbocycles. The van der Waals surface area contributed by atoms with Crippen LogP contribution in [-0.2, 0) is 0 Å². The molecule has 5 rings (SSSR count). The second-order valence-corrected chi connectivity index (χ2v) is 7.03. The van der Waals surface area contributed by atoms with Gasteiger partial charge < -0.3 is 14.7 Å². The van der Waals surface area contributed by atoms with Crippen LogP contribution in [0, 0.1) is 6.92 Å². The van der Waals surface area contributed by atoms with Gasteiger partial charge in [0.2, 0.25) is 0 Å². The Kier molecular flexibility index (Phi) is 4.19. The molecule has 4 aromatic rings. The van der Waals surface area contributed by atoms with E-state index in [9.17, 15) is 4.79 Å². The Bertz CT molecular complexity index is 1170. The second-order valence-electron chi connectivity index (χ2n) is 7.03. The molecule has 9 nitrogen and oxygen atoms in total. The first-order valence-corrected chi connectivity index (χ1v) is 9.42. The summed E-state index contributed by atoms with van der Waals surface area (Å²) in [5.74, 6) is 1.21. The molecule has 29 heavy (non-hydrogen) atoms. The largest absolute Gasteiger partial charge is 0.364 e. The summed E-state index contributed by atoms with van der Waals surface area (Å²) in [6, 6.07) is 7.57. The fourth-order valence-electron chi connectivity index (χ4n) is 3.65. The summed E-state index contributed by atoms with van der Waals surface area (Å²) >= 11 is 0. The summed E-state index contributed by atoms with van der Waals surface area (Å²) in [5, 5.41) is 12.0. The number of nitrogens with one attached hydrogen (secondary N) is 1. The maximum Gasteiger partial charge on any atom is 0.259 e. The highest BCUT2D eigenvalue weighted by Crippen LogP contribution is 2.27. The van der Waals surface area contributed by atoms with Gasteiger partial charge in [0.25, 0.3) is 5.91 Å². The summed E-state index contributed by atoms with van der Waals surface area (Å²) in [4.78, 5) is 23.3. The predicted octanol–water partition coefficient (Wildman–Crippen LogP) is 2.41. The molecule has 0 spiro atoms. The van der Waals surface area contributed by atoms with Crippen LogP contribution in [0.3, 0.4) is 0 Å². The Labute approximate surface area is 166 Å². The Balaban J connectivity index is 1.33. The van der Waals surface area contributed by atoms with E-state index in [1.165, 1.54) is 0 Å². The van der Waals surface area contributed by atoms with Crippen LogP contribution in [0.5, 0.6) is 0 Å². The number of carbonyl (C=O) groups excluding carboxylic acids is 1. The van der Waals surface area contributed by atoms with Crippen LogP contribution in [0.2, 0.25) is 0 Å². The molecule has 1 aliphatic heterocycles. The van der Waals surface area contributed by atoms with E-state index >= 15 is 0 Å². The van der Waals surface area contributed by atoms with Crippen molar-refractivity contribution < 1.29 is 9.32 Å². The zero-order valence-electron chi connectivity index (χ0n) is 15.8. The van der Waals surface area contributed by atoms with E-state index in [1.54, 1.807) is 36.2 Å². The second kappa shape index (κ2) is 7.01. The van der Waals surface area contributed by atoms with E-state index in [2.05, 4.69) is 25.5 Å². The molecule has 1 saturated heterocycles. The van der Waals surface area contributed by atoms with E-state index in [0.717, 1.165) is 23.4 Å². The molecule has 0 unspecified atom stereocenters. The third-order valence-corrected chi connectivity index (χ3v) is 5.11. The number of hydrogen-bond donors (Lipinski definition) is 1. The summed E-state index contributed by atoms with van der Waals surface area (Å²) < 4.78 is 7.06. The van der Waals surface area contributed by atoms with Crippen LogP contribution in [-0.4, -0.2) is 54.7 Å². The summed E-state index contributed by atoms with van der Waals surface area (Å²) in [6.07, 6.45) is 7.70. The smallest absolute Gasteiger partial charge is 0.259 e. The molecule has 1 fully saturated rings. The average molecular weight is 389 g/mol. The number of likely N-dealkylation sites (tertiary alicyclic amines) is 1. The SMILES string of the molecule is Cc1onc(-c2ccncc2)c1C(=O)N1CC[C@H](Nc2ccc3nccn3n2)C1. The standard InChI is InChI=1S/C20H19N7O2/c1-13-18(19(25-29-13)14-4-7-21-8-5-14)20(28)26-10-6-15(12-26)23-16-2-3-17-22-9-11-27(17)24-16/h2-5,7-9,11,15H,6,10,12H2,1H3,(H,23,24)/t15-/m0/s1. The van der Waals surface area contributed by atoms with E-state index < -0.39 is 0 Å². The van der Waals surface area contributed by atoms with Crippen molar-refractivity contribution in [1.29, 1.82) is 0 Å². The third-order valence-electron chi connectivity index (χ3n) is 5.11. The summed E-state index contributed by atoms with van der Waals surface area (Å²) in [7, 11) is 0. The van der Waals surface area contributed by atoms with E-state index in [0.29, 0.717) is 30.1 Å². The molecule has 0 radical (unpaired) electrons. The Morgan fingerprint density at radius 2 is 2.07 bits per heavy atom. The van der Waals surface area contributed by atoms with Crippen molar-refractivity contribution in [2.24, 2.45) is 0 Å². The number of nitrogens with zero attached hydrogens (tertiary/aromatic N) is 6. The van der Waals surface area contributed by atoms with Gasteiger partial charge in [-0.1, -0.05) is 5.16 Å². The first kappa shape index (κ1) is 17.4. The molecule has 5 heterocycles. The first-order chi connectivity index (χ1) is 14.2. The lowest BCUT2D eigenvalue weighted by Crippen LogP contribution is -2.32. The highest BCUT2D eigenvalue weighted by Gasteiger charge is 2.31. The van der Waals surface area contributed by atoms with Gasteiger partial charge in [0, 0.05) is 49.5 Å². The van der Waals surface area contributed by atoms with Gasteiger partial charge in [-0.25, -0.2) is 9.50 Å². The van der Waals surface area contributed by atoms with Gasteiger partial charge >= 0.3 is 0 Å². The number of imidazole rings is 1. The monoisotopic (exact) mass is 389 g/mol. The Hall–Kier alpha value is -3.75. The minimum Gasteiger partial charge on any atom is -0.364 e. The molecule has 146 valence electrons. The molecule has 9 heteroatoms. The van der Waals surface area contributed by atoms with Crippen LogP contribution in [0.1, 0.15) is 22.5 Å². The lowest BCUT2D eigenvalue weighted by Gasteiger charge is -2.17. The molecular formula is C20H19N7O2. The molecule has 1 atom stereocenters. The van der Waals surface area contributed by atoms with Crippen LogP contribution in [0.15, 0.2) is 53.6 Å². The zero-order chi connectivity index (χ0) is 19.8. The number of hydrogen-bond acceptors (Lipinski definition) is 7. The van der Waals surface area contributed by atoms with E-state index in [4.69, 9.17) is 4.52 Å². The highest BCUT2D eigenvalue weighted by molar-refractivity contribution is 6.01. The van der Waals surface area contributed by atoms with Gasteiger partial charge in [-0.05, 0) is 37.6 Å². The lowest BCUT2D eigenvalue weighted by molar-refractivity contribution is 0.0790. The van der Waals surface area contributed by atoms with Gasteiger partial charge in [-0.15, -0.1) is 5.10 Å². The number of anilines is 1. The quantitative estimate of drug-likeness (QED) is 0.572. The molecule has 1 amide bonds. The van der Waals surface area contributed by atoms with Crippen molar-refractivity contribution in [2.75, 3.05) is 18.4 Å². The van der Waals surface area contributed by atoms with Crippen molar-refractivity contribution in [3.63, 3.8) is 0 Å². The minimum atomic E-state index is -0.0714. The molecule has 0 aliphatic carbocycles. The van der Waals surface area contributed by atoms with Crippen molar-refractivity contribution in [1.82, 2.24) is 29.6 Å². The molecule has 0 bridgehead atoms.